The molecule has 0 aliphatic heterocycles. The van der Waals surface area contributed by atoms with E-state index in [1.54, 1.807) is 0 Å². The summed E-state index contributed by atoms with van der Waals surface area (Å²) < 4.78 is 5.17. The third-order valence-electron chi connectivity index (χ3n) is 2.39. The molecule has 1 amide bonds. The largest absolute Gasteiger partial charge is 0.444 e. The highest BCUT2D eigenvalue weighted by Gasteiger charge is 2.16. The number of ether oxygens (including phenoxy) is 1. The minimum absolute atomic E-state index is 0.0653. The summed E-state index contributed by atoms with van der Waals surface area (Å²) in [5.74, 6) is 2.59. The number of amides is 1. The molecule has 0 saturated carbocycles. The molecule has 4 nitrogen and oxygen atoms in total. The van der Waals surface area contributed by atoms with Gasteiger partial charge in [0.05, 0.1) is 0 Å². The summed E-state index contributed by atoms with van der Waals surface area (Å²) in [5.41, 5.74) is 1.27. The lowest BCUT2D eigenvalue weighted by Crippen LogP contribution is -2.38. The van der Waals surface area contributed by atoms with E-state index in [1.165, 1.54) is 0 Å². The van der Waals surface area contributed by atoms with Crippen LogP contribution in [-0.2, 0) is 4.74 Å². The van der Waals surface area contributed by atoms with E-state index in [4.69, 9.17) is 11.2 Å². The molecule has 0 fully saturated rings. The van der Waals surface area contributed by atoms with Crippen molar-refractivity contribution in [2.75, 3.05) is 11.9 Å². The number of carbonyl (C=O) groups excluding carboxylic acids is 1. The van der Waals surface area contributed by atoms with Gasteiger partial charge in [0, 0.05) is 23.8 Å². The van der Waals surface area contributed by atoms with Crippen molar-refractivity contribution in [2.24, 2.45) is 0 Å². The number of anilines is 1. The molecule has 1 atom stereocenters. The molecule has 0 saturated heterocycles. The van der Waals surface area contributed by atoms with Crippen molar-refractivity contribution in [1.82, 2.24) is 5.32 Å². The Bertz CT molecular complexity index is 498. The highest BCUT2D eigenvalue weighted by Crippen LogP contribution is 2.11. The molecule has 0 heterocycles. The molecule has 0 radical (unpaired) electrons. The molecule has 0 bridgehead atoms. The number of rotatable bonds is 4. The topological polar surface area (TPSA) is 50.4 Å². The van der Waals surface area contributed by atoms with Crippen LogP contribution in [0.25, 0.3) is 0 Å². The highest BCUT2D eigenvalue weighted by atomic mass is 16.6. The van der Waals surface area contributed by atoms with Crippen molar-refractivity contribution in [2.45, 2.75) is 39.3 Å². The third kappa shape index (κ3) is 6.14. The number of benzene rings is 1. The molecule has 1 aromatic rings. The second kappa shape index (κ2) is 6.85. The van der Waals surface area contributed by atoms with E-state index in [9.17, 15) is 4.79 Å². The van der Waals surface area contributed by atoms with Crippen LogP contribution in [0.4, 0.5) is 10.5 Å². The molecule has 2 N–H and O–H groups in total. The van der Waals surface area contributed by atoms with Crippen molar-refractivity contribution in [3.05, 3.63) is 29.8 Å². The molecule has 4 heteroatoms. The first kappa shape index (κ1) is 15.9. The Morgan fingerprint density at radius 1 is 1.45 bits per heavy atom. The summed E-state index contributed by atoms with van der Waals surface area (Å²) in [6, 6.07) is 7.66. The van der Waals surface area contributed by atoms with Crippen LogP contribution in [-0.4, -0.2) is 24.3 Å². The lowest BCUT2D eigenvalue weighted by Gasteiger charge is -2.21. The number of alkyl carbamates (subject to hydrolysis) is 1. The zero-order chi connectivity index (χ0) is 15.2. The van der Waals surface area contributed by atoms with Crippen LogP contribution < -0.4 is 10.6 Å². The average Bonchev–Trinajstić information content (AvgIpc) is 2.34. The lowest BCUT2D eigenvalue weighted by atomic mass is 10.2. The quantitative estimate of drug-likeness (QED) is 0.830. The maximum absolute atomic E-state index is 11.5. The van der Waals surface area contributed by atoms with Crippen molar-refractivity contribution in [1.29, 1.82) is 0 Å². The Balaban J connectivity index is 2.42. The van der Waals surface area contributed by atoms with Gasteiger partial charge in [-0.05, 0) is 45.9 Å². The van der Waals surface area contributed by atoms with Crippen LogP contribution >= 0.6 is 0 Å². The summed E-state index contributed by atoms with van der Waals surface area (Å²) in [5, 5.41) is 5.99. The fourth-order valence-corrected chi connectivity index (χ4v) is 1.58. The van der Waals surface area contributed by atoms with Gasteiger partial charge in [0.15, 0.2) is 0 Å². The van der Waals surface area contributed by atoms with Crippen LogP contribution in [0.1, 0.15) is 33.3 Å². The van der Waals surface area contributed by atoms with Crippen LogP contribution in [0, 0.1) is 12.3 Å². The number of nitrogens with one attached hydrogen (secondary N) is 2. The molecule has 108 valence electrons. The van der Waals surface area contributed by atoms with Gasteiger partial charge in [-0.15, -0.1) is 6.42 Å². The van der Waals surface area contributed by atoms with Crippen molar-refractivity contribution in [3.8, 4) is 12.3 Å². The average molecular weight is 274 g/mol. The molecule has 1 aromatic carbocycles. The normalized spacial score (nSPS) is 12.2. The molecule has 0 aromatic heterocycles. The summed E-state index contributed by atoms with van der Waals surface area (Å²) in [6.45, 7) is 7.94. The zero-order valence-electron chi connectivity index (χ0n) is 12.5. The molecule has 0 aliphatic carbocycles. The number of terminal acetylenes is 1. The molecule has 1 unspecified atom stereocenters. The smallest absolute Gasteiger partial charge is 0.407 e. The number of hydrogen-bond acceptors (Lipinski definition) is 3. The van der Waals surface area contributed by atoms with Crippen LogP contribution in [0.2, 0.25) is 0 Å². The van der Waals surface area contributed by atoms with E-state index < -0.39 is 11.7 Å². The molecular formula is C16H22N2O2. The molecule has 20 heavy (non-hydrogen) atoms. The predicted molar refractivity (Wildman–Crippen MR) is 81.7 cm³/mol. The van der Waals surface area contributed by atoms with Crippen LogP contribution in [0.15, 0.2) is 24.3 Å². The first-order chi connectivity index (χ1) is 9.30. The number of carbonyl (C=O) groups is 1. The maximum atomic E-state index is 11.5. The Kier molecular flexibility index (Phi) is 5.45. The summed E-state index contributed by atoms with van der Waals surface area (Å²) in [6.07, 6.45) is 4.94. The Morgan fingerprint density at radius 3 is 2.75 bits per heavy atom. The first-order valence-corrected chi connectivity index (χ1v) is 6.60. The third-order valence-corrected chi connectivity index (χ3v) is 2.39. The zero-order valence-corrected chi connectivity index (χ0v) is 12.5. The summed E-state index contributed by atoms with van der Waals surface area (Å²) in [4.78, 5) is 11.5. The Hall–Kier alpha value is -2.15. The van der Waals surface area contributed by atoms with Gasteiger partial charge in [0.25, 0.3) is 0 Å². The number of hydrogen-bond donors (Lipinski definition) is 2. The van der Waals surface area contributed by atoms with Crippen molar-refractivity contribution < 1.29 is 9.53 Å². The lowest BCUT2D eigenvalue weighted by molar-refractivity contribution is 0.0526. The fourth-order valence-electron chi connectivity index (χ4n) is 1.58. The van der Waals surface area contributed by atoms with Gasteiger partial charge in [-0.25, -0.2) is 4.79 Å². The van der Waals surface area contributed by atoms with Gasteiger partial charge >= 0.3 is 6.09 Å². The van der Waals surface area contributed by atoms with E-state index in [-0.39, 0.29) is 6.04 Å². The minimum Gasteiger partial charge on any atom is -0.444 e. The van der Waals surface area contributed by atoms with Gasteiger partial charge in [-0.1, -0.05) is 12.0 Å². The fraction of sp³-hybridized carbons (Fsp3) is 0.438. The van der Waals surface area contributed by atoms with E-state index in [2.05, 4.69) is 16.6 Å². The van der Waals surface area contributed by atoms with Crippen molar-refractivity contribution in [3.63, 3.8) is 0 Å². The van der Waals surface area contributed by atoms with Crippen LogP contribution in [0.3, 0.4) is 0 Å². The second-order valence-corrected chi connectivity index (χ2v) is 5.65. The second-order valence-electron chi connectivity index (χ2n) is 5.65. The van der Waals surface area contributed by atoms with Gasteiger partial charge < -0.3 is 15.4 Å². The van der Waals surface area contributed by atoms with Gasteiger partial charge in [-0.3, -0.25) is 0 Å². The minimum atomic E-state index is -0.484. The van der Waals surface area contributed by atoms with E-state index in [0.717, 1.165) is 11.3 Å². The van der Waals surface area contributed by atoms with Crippen LogP contribution in [0.5, 0.6) is 0 Å². The molecule has 0 aliphatic rings. The van der Waals surface area contributed by atoms with E-state index >= 15 is 0 Å². The monoisotopic (exact) mass is 274 g/mol. The van der Waals surface area contributed by atoms with Gasteiger partial charge in [-0.2, -0.15) is 0 Å². The summed E-state index contributed by atoms with van der Waals surface area (Å²) in [7, 11) is 0. The highest BCUT2D eigenvalue weighted by molar-refractivity contribution is 5.67. The standard InChI is InChI=1S/C16H22N2O2/c1-6-13-8-7-9-14(10-13)18-12(2)11-17-15(19)20-16(3,4)5/h1,7-10,12,18H,11H2,2-5H3,(H,17,19). The van der Waals surface area contributed by atoms with Gasteiger partial charge in [0.1, 0.15) is 5.60 Å². The van der Waals surface area contributed by atoms with E-state index in [1.807, 2.05) is 52.0 Å². The molecule has 0 spiro atoms. The van der Waals surface area contributed by atoms with Gasteiger partial charge in [0.2, 0.25) is 0 Å². The predicted octanol–water partition coefficient (Wildman–Crippen LogP) is 2.99. The van der Waals surface area contributed by atoms with E-state index in [0.29, 0.717) is 6.54 Å². The molecule has 1 rings (SSSR count). The Labute approximate surface area is 120 Å². The SMILES string of the molecule is C#Cc1cccc(NC(C)CNC(=O)OC(C)(C)C)c1. The Morgan fingerprint density at radius 2 is 2.15 bits per heavy atom. The summed E-state index contributed by atoms with van der Waals surface area (Å²) >= 11 is 0. The first-order valence-electron chi connectivity index (χ1n) is 6.60. The molecular weight excluding hydrogens is 252 g/mol. The van der Waals surface area contributed by atoms with Crippen molar-refractivity contribution >= 4 is 11.8 Å². The maximum Gasteiger partial charge on any atom is 0.407 e.